The van der Waals surface area contributed by atoms with Crippen molar-refractivity contribution in [2.24, 2.45) is 5.73 Å². The molecule has 0 amide bonds. The highest BCUT2D eigenvalue weighted by atomic mass is 32.1. The largest absolute Gasteiger partial charge is 0.379 e. The lowest BCUT2D eigenvalue weighted by molar-refractivity contribution is 0.0867. The van der Waals surface area contributed by atoms with Crippen molar-refractivity contribution in [1.29, 1.82) is 0 Å². The molecule has 2 aromatic heterocycles. The summed E-state index contributed by atoms with van der Waals surface area (Å²) >= 11 is 1.67. The van der Waals surface area contributed by atoms with E-state index >= 15 is 0 Å². The number of hydrogen-bond donors (Lipinski definition) is 1. The predicted octanol–water partition coefficient (Wildman–Crippen LogP) is 2.32. The molecule has 0 saturated heterocycles. The normalized spacial score (nSPS) is 14.5. The van der Waals surface area contributed by atoms with Crippen molar-refractivity contribution < 1.29 is 9.26 Å². The zero-order chi connectivity index (χ0) is 13.7. The number of nitrogens with zero attached hydrogens (tertiary/aromatic N) is 2. The fraction of sp³-hybridized carbons (Fsp3) is 0.538. The minimum Gasteiger partial charge on any atom is -0.379 e. The molecular weight excluding hydrogens is 262 g/mol. The van der Waals surface area contributed by atoms with Crippen LogP contribution in [-0.4, -0.2) is 23.4 Å². The highest BCUT2D eigenvalue weighted by molar-refractivity contribution is 7.09. The first-order valence-electron chi connectivity index (χ1n) is 6.34. The number of rotatable bonds is 7. The average Bonchev–Trinajstić information content (AvgIpc) is 3.01. The smallest absolute Gasteiger partial charge is 0.231 e. The van der Waals surface area contributed by atoms with Gasteiger partial charge < -0.3 is 15.0 Å². The Morgan fingerprint density at radius 2 is 2.37 bits per heavy atom. The first kappa shape index (κ1) is 14.2. The third-order valence-electron chi connectivity index (χ3n) is 2.63. The summed E-state index contributed by atoms with van der Waals surface area (Å²) in [6.45, 7) is 4.98. The molecule has 0 aliphatic rings. The summed E-state index contributed by atoms with van der Waals surface area (Å²) in [5.74, 6) is 1.08. The number of nitrogens with two attached hydrogens (primary N) is 1. The fourth-order valence-electron chi connectivity index (χ4n) is 1.61. The van der Waals surface area contributed by atoms with Gasteiger partial charge in [0, 0.05) is 11.5 Å². The molecule has 1 atom stereocenters. The molecule has 1 unspecified atom stereocenters. The van der Waals surface area contributed by atoms with Gasteiger partial charge in [0.15, 0.2) is 5.82 Å². The zero-order valence-corrected chi connectivity index (χ0v) is 12.1. The van der Waals surface area contributed by atoms with Crippen LogP contribution in [-0.2, 0) is 16.7 Å². The van der Waals surface area contributed by atoms with E-state index in [0.29, 0.717) is 31.3 Å². The van der Waals surface area contributed by atoms with Crippen molar-refractivity contribution in [2.45, 2.75) is 32.2 Å². The summed E-state index contributed by atoms with van der Waals surface area (Å²) in [6, 6.07) is 4.05. The van der Waals surface area contributed by atoms with Gasteiger partial charge in [-0.15, -0.1) is 11.3 Å². The lowest BCUT2D eigenvalue weighted by Gasteiger charge is -2.19. The second-order valence-electron chi connectivity index (χ2n) is 4.74. The summed E-state index contributed by atoms with van der Waals surface area (Å²) in [4.78, 5) is 5.55. The summed E-state index contributed by atoms with van der Waals surface area (Å²) in [6.07, 6.45) is 1.61. The van der Waals surface area contributed by atoms with Crippen LogP contribution in [0.5, 0.6) is 0 Å². The van der Waals surface area contributed by atoms with Gasteiger partial charge in [-0.05, 0) is 24.8 Å². The number of aromatic nitrogens is 2. The van der Waals surface area contributed by atoms with Crippen molar-refractivity contribution in [3.63, 3.8) is 0 Å². The molecule has 104 valence electrons. The van der Waals surface area contributed by atoms with Crippen LogP contribution < -0.4 is 5.73 Å². The first-order chi connectivity index (χ1) is 9.12. The van der Waals surface area contributed by atoms with Crippen LogP contribution in [0.2, 0.25) is 0 Å². The maximum atomic E-state index is 6.16. The molecule has 2 aromatic rings. The molecule has 2 heterocycles. The van der Waals surface area contributed by atoms with Crippen LogP contribution in [0.3, 0.4) is 0 Å². The fourth-order valence-corrected chi connectivity index (χ4v) is 2.31. The van der Waals surface area contributed by atoms with Gasteiger partial charge in [-0.25, -0.2) is 0 Å². The maximum absolute atomic E-state index is 6.16. The van der Waals surface area contributed by atoms with E-state index in [2.05, 4.69) is 17.1 Å². The van der Waals surface area contributed by atoms with Crippen molar-refractivity contribution in [3.8, 4) is 0 Å². The number of ether oxygens (including phenoxy) is 1. The molecule has 0 radical (unpaired) electrons. The average molecular weight is 281 g/mol. The Balaban J connectivity index is 1.99. The van der Waals surface area contributed by atoms with Gasteiger partial charge in [0.25, 0.3) is 0 Å². The van der Waals surface area contributed by atoms with Gasteiger partial charge in [-0.1, -0.05) is 18.1 Å². The van der Waals surface area contributed by atoms with E-state index in [9.17, 15) is 0 Å². The molecule has 19 heavy (non-hydrogen) atoms. The van der Waals surface area contributed by atoms with E-state index in [0.717, 1.165) is 6.42 Å². The summed E-state index contributed by atoms with van der Waals surface area (Å²) in [7, 11) is 0. The monoisotopic (exact) mass is 281 g/mol. The highest BCUT2D eigenvalue weighted by Crippen LogP contribution is 2.18. The second-order valence-corrected chi connectivity index (χ2v) is 5.77. The zero-order valence-electron chi connectivity index (χ0n) is 11.3. The lowest BCUT2D eigenvalue weighted by Crippen LogP contribution is -2.39. The Morgan fingerprint density at radius 3 is 3.05 bits per heavy atom. The van der Waals surface area contributed by atoms with Gasteiger partial charge in [-0.3, -0.25) is 0 Å². The molecule has 0 fully saturated rings. The molecule has 2 N–H and O–H groups in total. The molecule has 0 aliphatic heterocycles. The van der Waals surface area contributed by atoms with Crippen LogP contribution in [0.1, 0.15) is 36.9 Å². The molecule has 6 heteroatoms. The van der Waals surface area contributed by atoms with E-state index in [4.69, 9.17) is 15.0 Å². The molecule has 0 saturated carbocycles. The third kappa shape index (κ3) is 3.86. The minimum atomic E-state index is -0.716. The topological polar surface area (TPSA) is 74.2 Å². The molecule has 2 rings (SSSR count). The van der Waals surface area contributed by atoms with Crippen molar-refractivity contribution >= 4 is 11.3 Å². The van der Waals surface area contributed by atoms with Crippen LogP contribution in [0.15, 0.2) is 22.0 Å². The standard InChI is InChI=1S/C13H19N3O2S/c1-3-6-17-9-13(2,14)12-15-11(18-16-12)8-10-5-4-7-19-10/h4-5,7H,3,6,8-9,14H2,1-2H3. The van der Waals surface area contributed by atoms with E-state index in [1.807, 2.05) is 24.4 Å². The third-order valence-corrected chi connectivity index (χ3v) is 3.51. The van der Waals surface area contributed by atoms with Crippen molar-refractivity contribution in [1.82, 2.24) is 10.1 Å². The predicted molar refractivity (Wildman–Crippen MR) is 74.1 cm³/mol. The quantitative estimate of drug-likeness (QED) is 0.788. The molecular formula is C13H19N3O2S. The van der Waals surface area contributed by atoms with Crippen LogP contribution in [0.4, 0.5) is 0 Å². The Bertz CT molecular complexity index is 494. The van der Waals surface area contributed by atoms with Crippen LogP contribution in [0, 0.1) is 0 Å². The maximum Gasteiger partial charge on any atom is 0.231 e. The molecule has 0 bridgehead atoms. The van der Waals surface area contributed by atoms with Gasteiger partial charge in [0.1, 0.15) is 5.54 Å². The second kappa shape index (κ2) is 6.27. The SMILES string of the molecule is CCCOCC(C)(N)c1noc(Cc2cccs2)n1. The van der Waals surface area contributed by atoms with Gasteiger partial charge in [0.2, 0.25) is 5.89 Å². The van der Waals surface area contributed by atoms with E-state index < -0.39 is 5.54 Å². The van der Waals surface area contributed by atoms with Gasteiger partial charge in [-0.2, -0.15) is 4.98 Å². The molecule has 0 aliphatic carbocycles. The molecule has 5 nitrogen and oxygen atoms in total. The Kier molecular flexibility index (Phi) is 4.68. The highest BCUT2D eigenvalue weighted by Gasteiger charge is 2.27. The summed E-state index contributed by atoms with van der Waals surface area (Å²) < 4.78 is 10.7. The summed E-state index contributed by atoms with van der Waals surface area (Å²) in [5, 5.41) is 5.99. The number of thiophene rings is 1. The van der Waals surface area contributed by atoms with Crippen LogP contribution >= 0.6 is 11.3 Å². The Hall–Kier alpha value is -1.24. The van der Waals surface area contributed by atoms with E-state index in [-0.39, 0.29) is 0 Å². The lowest BCUT2D eigenvalue weighted by atomic mass is 10.1. The van der Waals surface area contributed by atoms with E-state index in [1.54, 1.807) is 11.3 Å². The van der Waals surface area contributed by atoms with Crippen LogP contribution in [0.25, 0.3) is 0 Å². The summed E-state index contributed by atoms with van der Waals surface area (Å²) in [5.41, 5.74) is 5.44. The Morgan fingerprint density at radius 1 is 1.53 bits per heavy atom. The van der Waals surface area contributed by atoms with Gasteiger partial charge in [0.05, 0.1) is 13.0 Å². The van der Waals surface area contributed by atoms with E-state index in [1.165, 1.54) is 4.88 Å². The van der Waals surface area contributed by atoms with Crippen molar-refractivity contribution in [2.75, 3.05) is 13.2 Å². The first-order valence-corrected chi connectivity index (χ1v) is 7.22. The Labute approximate surface area is 116 Å². The minimum absolute atomic E-state index is 0.388. The molecule has 0 spiro atoms. The molecule has 0 aromatic carbocycles. The van der Waals surface area contributed by atoms with Gasteiger partial charge >= 0.3 is 0 Å². The van der Waals surface area contributed by atoms with Crippen molar-refractivity contribution in [3.05, 3.63) is 34.1 Å². The number of hydrogen-bond acceptors (Lipinski definition) is 6.